The van der Waals surface area contributed by atoms with E-state index in [0.717, 1.165) is 5.56 Å². The first kappa shape index (κ1) is 50.8. The topological polar surface area (TPSA) is 211 Å². The number of carbonyl (C=O) groups is 7. The van der Waals surface area contributed by atoms with Gasteiger partial charge >= 0.3 is 30.0 Å². The minimum Gasteiger partial charge on any atom is -0.462 e. The lowest BCUT2D eigenvalue weighted by Gasteiger charge is -2.46. The third kappa shape index (κ3) is 16.3. The van der Waals surface area contributed by atoms with Crippen molar-refractivity contribution in [2.75, 3.05) is 18.6 Å². The summed E-state index contributed by atoms with van der Waals surface area (Å²) in [4.78, 5) is 93.7. The number of thioether (sulfide) groups is 1. The molecular weight excluding hydrogens is 787 g/mol. The Morgan fingerprint density at radius 1 is 0.661 bits per heavy atom. The fourth-order valence-corrected chi connectivity index (χ4v) is 5.37. The summed E-state index contributed by atoms with van der Waals surface area (Å²) in [6.45, 7) is 20.1. The average molecular weight is 852 g/mol. The minimum absolute atomic E-state index is 0.0244. The Kier molecular flexibility index (Phi) is 18.3. The Labute approximate surface area is 352 Å². The van der Waals surface area contributed by atoms with Gasteiger partial charge in [0, 0.05) is 0 Å². The molecule has 7 atom stereocenters. The molecule has 1 heterocycles. The van der Waals surface area contributed by atoms with Crippen LogP contribution in [0.15, 0.2) is 30.3 Å². The summed E-state index contributed by atoms with van der Waals surface area (Å²) in [6, 6.07) is 6.65. The van der Waals surface area contributed by atoms with Crippen LogP contribution in [-0.4, -0.2) is 103 Å². The van der Waals surface area contributed by atoms with E-state index in [2.05, 4.69) is 16.0 Å². The monoisotopic (exact) mass is 851 g/mol. The number of hydrogen-bond donors (Lipinski definition) is 3. The van der Waals surface area contributed by atoms with Crippen molar-refractivity contribution < 1.29 is 62.0 Å². The summed E-state index contributed by atoms with van der Waals surface area (Å²) < 4.78 is 35.1. The fourth-order valence-electron chi connectivity index (χ4n) is 4.90. The highest BCUT2D eigenvalue weighted by atomic mass is 32.2. The van der Waals surface area contributed by atoms with Gasteiger partial charge in [-0.1, -0.05) is 30.3 Å². The largest absolute Gasteiger partial charge is 0.462 e. The molecule has 17 heteroatoms. The van der Waals surface area contributed by atoms with Crippen LogP contribution in [-0.2, 0) is 63.8 Å². The highest BCUT2D eigenvalue weighted by molar-refractivity contribution is 7.98. The lowest BCUT2D eigenvalue weighted by Crippen LogP contribution is -2.68. The maximum Gasteiger partial charge on any atom is 0.408 e. The molecule has 1 aromatic rings. The molecule has 0 aromatic heterocycles. The van der Waals surface area contributed by atoms with Crippen LogP contribution in [0.25, 0.3) is 0 Å². The number of alkyl carbamates (subject to hydrolysis) is 1. The van der Waals surface area contributed by atoms with Crippen LogP contribution >= 0.6 is 11.8 Å². The number of nitrogens with one attached hydrogen (secondary N) is 3. The third-order valence-corrected chi connectivity index (χ3v) is 9.30. The molecule has 0 aliphatic carbocycles. The first-order valence-electron chi connectivity index (χ1n) is 19.6. The van der Waals surface area contributed by atoms with Crippen LogP contribution in [0.5, 0.6) is 0 Å². The molecule has 0 bridgehead atoms. The van der Waals surface area contributed by atoms with E-state index in [9.17, 15) is 33.6 Å². The second-order valence-electron chi connectivity index (χ2n) is 18.6. The van der Waals surface area contributed by atoms with Gasteiger partial charge in [-0.25, -0.2) is 4.79 Å². The van der Waals surface area contributed by atoms with Crippen molar-refractivity contribution in [1.29, 1.82) is 0 Å². The van der Waals surface area contributed by atoms with Crippen LogP contribution in [0.2, 0.25) is 0 Å². The van der Waals surface area contributed by atoms with Crippen LogP contribution < -0.4 is 16.0 Å². The van der Waals surface area contributed by atoms with Gasteiger partial charge in [-0.2, -0.15) is 11.8 Å². The summed E-state index contributed by atoms with van der Waals surface area (Å²) in [5.41, 5.74) is -3.47. The minimum atomic E-state index is -1.62. The van der Waals surface area contributed by atoms with E-state index in [1.807, 2.05) is 12.3 Å². The van der Waals surface area contributed by atoms with Gasteiger partial charge in [0.05, 0.1) is 21.7 Å². The van der Waals surface area contributed by atoms with E-state index in [4.69, 9.17) is 28.4 Å². The Bertz CT molecular complexity index is 1630. The number of rotatable bonds is 15. The molecule has 1 aliphatic heterocycles. The molecule has 59 heavy (non-hydrogen) atoms. The molecule has 3 N–H and O–H groups in total. The second-order valence-corrected chi connectivity index (χ2v) is 19.6. The van der Waals surface area contributed by atoms with Crippen molar-refractivity contribution in [1.82, 2.24) is 16.0 Å². The number of amides is 3. The number of carbonyl (C=O) groups excluding carboxylic acids is 7. The predicted molar refractivity (Wildman–Crippen MR) is 219 cm³/mol. The molecule has 0 spiro atoms. The number of esters is 4. The maximum absolute atomic E-state index is 13.9. The van der Waals surface area contributed by atoms with Crippen LogP contribution in [0.4, 0.5) is 4.79 Å². The zero-order chi connectivity index (χ0) is 45.1. The maximum atomic E-state index is 13.9. The quantitative estimate of drug-likeness (QED) is 0.159. The standard InChI is InChI=1S/C42H65N3O13S/c1-24(43-32(47)26(20-21-59-14)44-38(52)54-22-25-18-16-15-17-19-25)31(46)45-33-30(58-37(51)42(11,12)13)29(57-36(50)41(8,9)10)28(56-35(49)40(5,6)7)27(55-33)23-53-34(48)39(2,3)4/h15-19,24,26-30,33H,20-23H2,1-14H3,(H,43,47)(H,44,52)(H,45,46)/t24-,26-,27+,28-,29-,30+,33+/m0/s1. The Morgan fingerprint density at radius 3 is 1.64 bits per heavy atom. The molecule has 2 rings (SSSR count). The molecule has 3 amide bonds. The smallest absolute Gasteiger partial charge is 0.408 e. The van der Waals surface area contributed by atoms with Crippen molar-refractivity contribution in [2.24, 2.45) is 21.7 Å². The highest BCUT2D eigenvalue weighted by Gasteiger charge is 2.55. The Balaban J connectivity index is 2.53. The zero-order valence-corrected chi connectivity index (χ0v) is 37.8. The van der Waals surface area contributed by atoms with Crippen molar-refractivity contribution in [3.63, 3.8) is 0 Å². The zero-order valence-electron chi connectivity index (χ0n) is 37.0. The van der Waals surface area contributed by atoms with Gasteiger partial charge in [-0.3, -0.25) is 28.8 Å². The first-order chi connectivity index (χ1) is 27.1. The summed E-state index contributed by atoms with van der Waals surface area (Å²) in [7, 11) is 0. The van der Waals surface area contributed by atoms with Crippen molar-refractivity contribution in [3.05, 3.63) is 35.9 Å². The Hall–Kier alpha value is -4.38. The van der Waals surface area contributed by atoms with Gasteiger partial charge in [0.2, 0.25) is 11.8 Å². The van der Waals surface area contributed by atoms with Gasteiger partial charge in [-0.15, -0.1) is 0 Å². The molecule has 1 aromatic carbocycles. The van der Waals surface area contributed by atoms with Crippen LogP contribution in [0.3, 0.4) is 0 Å². The molecule has 0 radical (unpaired) electrons. The van der Waals surface area contributed by atoms with Gasteiger partial charge in [0.25, 0.3) is 0 Å². The van der Waals surface area contributed by atoms with Gasteiger partial charge in [0.1, 0.15) is 31.4 Å². The SMILES string of the molecule is CSCC[C@H](NC(=O)OCc1ccccc1)C(=O)N[C@@H](C)C(=O)N[C@@H]1O[C@H](COC(=O)C(C)(C)C)[C@H](OC(=O)C(C)(C)C)[C@H](OC(=O)C(C)(C)C)[C@H]1OC(=O)C(C)(C)C. The molecular formula is C42H65N3O13S. The number of ether oxygens (including phenoxy) is 6. The van der Waals surface area contributed by atoms with Crippen LogP contribution in [0.1, 0.15) is 102 Å². The van der Waals surface area contributed by atoms with Gasteiger partial charge < -0.3 is 44.4 Å². The van der Waals surface area contributed by atoms with Gasteiger partial charge in [-0.05, 0) is 114 Å². The van der Waals surface area contributed by atoms with Crippen molar-refractivity contribution in [3.8, 4) is 0 Å². The molecule has 1 saturated heterocycles. The first-order valence-corrected chi connectivity index (χ1v) is 21.0. The van der Waals surface area contributed by atoms with E-state index in [1.165, 1.54) is 18.7 Å². The molecule has 1 aliphatic rings. The van der Waals surface area contributed by atoms with Crippen LogP contribution in [0, 0.1) is 21.7 Å². The molecule has 1 fully saturated rings. The Morgan fingerprint density at radius 2 is 1.15 bits per heavy atom. The second kappa shape index (κ2) is 21.2. The van der Waals surface area contributed by atoms with E-state index in [0.29, 0.717) is 5.75 Å². The van der Waals surface area contributed by atoms with Crippen molar-refractivity contribution >= 4 is 53.5 Å². The van der Waals surface area contributed by atoms with Gasteiger partial charge in [0.15, 0.2) is 24.5 Å². The summed E-state index contributed by atoms with van der Waals surface area (Å²) in [5.74, 6) is -3.92. The highest BCUT2D eigenvalue weighted by Crippen LogP contribution is 2.33. The normalized spacial score (nSPS) is 20.8. The molecule has 16 nitrogen and oxygen atoms in total. The van der Waals surface area contributed by atoms with Crippen molar-refractivity contribution in [2.45, 2.75) is 146 Å². The molecule has 332 valence electrons. The number of hydrogen-bond acceptors (Lipinski definition) is 14. The van der Waals surface area contributed by atoms with E-state index in [-0.39, 0.29) is 13.0 Å². The summed E-state index contributed by atoms with van der Waals surface area (Å²) in [5, 5.41) is 7.81. The summed E-state index contributed by atoms with van der Waals surface area (Å²) >= 11 is 1.45. The van der Waals surface area contributed by atoms with E-state index in [1.54, 1.807) is 107 Å². The molecule has 0 unspecified atom stereocenters. The lowest BCUT2D eigenvalue weighted by molar-refractivity contribution is -0.264. The summed E-state index contributed by atoms with van der Waals surface area (Å²) in [6.07, 6.45) is -6.48. The predicted octanol–water partition coefficient (Wildman–Crippen LogP) is 4.84. The molecule has 0 saturated carbocycles. The average Bonchev–Trinajstić information content (AvgIpc) is 3.12. The van der Waals surface area contributed by atoms with E-state index >= 15 is 0 Å². The number of benzene rings is 1. The van der Waals surface area contributed by atoms with E-state index < -0.39 is 113 Å². The fraction of sp³-hybridized carbons (Fsp3) is 0.690. The third-order valence-electron chi connectivity index (χ3n) is 8.66. The lowest BCUT2D eigenvalue weighted by atomic mass is 9.92.